The van der Waals surface area contributed by atoms with E-state index in [-0.39, 0.29) is 13.2 Å². The zero-order valence-corrected chi connectivity index (χ0v) is 7.12. The minimum Gasteiger partial charge on any atom is -0.486 e. The molecule has 1 nitrogen and oxygen atoms in total. The molecule has 0 saturated carbocycles. The smallest absolute Gasteiger partial charge is 0.349 e. The van der Waals surface area contributed by atoms with Gasteiger partial charge in [-0.1, -0.05) is 6.58 Å². The average molecular weight is 222 g/mol. The van der Waals surface area contributed by atoms with Crippen molar-refractivity contribution in [2.24, 2.45) is 0 Å². The van der Waals surface area contributed by atoms with Crippen molar-refractivity contribution in [2.45, 2.75) is 31.3 Å². The standard InChI is InChI=1S/C7H8F6O/c1-3-14-4(6(2,10)11)7(12,13)5(8)9/h3-5H,1H2,2H3. The predicted molar refractivity (Wildman–Crippen MR) is 36.6 cm³/mol. The molecule has 0 bridgehead atoms. The fourth-order valence-electron chi connectivity index (χ4n) is 0.759. The van der Waals surface area contributed by atoms with Crippen molar-refractivity contribution >= 4 is 0 Å². The monoisotopic (exact) mass is 222 g/mol. The van der Waals surface area contributed by atoms with Crippen LogP contribution >= 0.6 is 0 Å². The molecule has 1 atom stereocenters. The SMILES string of the molecule is C=COC(C(C)(F)F)C(F)(F)C(F)F. The summed E-state index contributed by atoms with van der Waals surface area (Å²) in [4.78, 5) is 0. The minimum absolute atomic E-state index is 0.0669. The van der Waals surface area contributed by atoms with Gasteiger partial charge in [-0.3, -0.25) is 0 Å². The number of hydrogen-bond acceptors (Lipinski definition) is 1. The van der Waals surface area contributed by atoms with Crippen LogP contribution in [0.4, 0.5) is 26.3 Å². The van der Waals surface area contributed by atoms with E-state index in [2.05, 4.69) is 11.3 Å². The Labute approximate surface area is 76.3 Å². The molecule has 0 aromatic heterocycles. The van der Waals surface area contributed by atoms with Crippen molar-refractivity contribution < 1.29 is 31.1 Å². The Morgan fingerprint density at radius 3 is 1.86 bits per heavy atom. The molecule has 0 heterocycles. The van der Waals surface area contributed by atoms with Gasteiger partial charge >= 0.3 is 12.3 Å². The molecular formula is C7H8F6O. The van der Waals surface area contributed by atoms with Crippen molar-refractivity contribution in [1.29, 1.82) is 0 Å². The molecule has 0 aliphatic carbocycles. The third-order valence-electron chi connectivity index (χ3n) is 1.33. The van der Waals surface area contributed by atoms with Gasteiger partial charge in [-0.25, -0.2) is 17.6 Å². The van der Waals surface area contributed by atoms with Crippen LogP contribution in [-0.4, -0.2) is 24.4 Å². The lowest BCUT2D eigenvalue weighted by atomic mass is 10.1. The summed E-state index contributed by atoms with van der Waals surface area (Å²) >= 11 is 0. The van der Waals surface area contributed by atoms with Crippen LogP contribution in [0.1, 0.15) is 6.92 Å². The van der Waals surface area contributed by atoms with E-state index in [1.165, 1.54) is 0 Å². The first-order valence-electron chi connectivity index (χ1n) is 3.44. The second kappa shape index (κ2) is 4.10. The lowest BCUT2D eigenvalue weighted by Crippen LogP contribution is -2.50. The van der Waals surface area contributed by atoms with Crippen molar-refractivity contribution in [2.75, 3.05) is 0 Å². The highest BCUT2D eigenvalue weighted by atomic mass is 19.3. The highest BCUT2D eigenvalue weighted by molar-refractivity contribution is 4.90. The van der Waals surface area contributed by atoms with Crippen molar-refractivity contribution in [3.63, 3.8) is 0 Å². The number of ether oxygens (including phenoxy) is 1. The first-order valence-corrected chi connectivity index (χ1v) is 3.44. The summed E-state index contributed by atoms with van der Waals surface area (Å²) in [6.07, 6.45) is -7.16. The van der Waals surface area contributed by atoms with Crippen LogP contribution in [0.25, 0.3) is 0 Å². The van der Waals surface area contributed by atoms with E-state index in [0.29, 0.717) is 0 Å². The van der Waals surface area contributed by atoms with E-state index in [0.717, 1.165) is 0 Å². The van der Waals surface area contributed by atoms with Gasteiger partial charge in [0.05, 0.1) is 6.26 Å². The number of rotatable bonds is 5. The third kappa shape index (κ3) is 2.81. The van der Waals surface area contributed by atoms with Crippen LogP contribution in [0, 0.1) is 0 Å². The zero-order valence-electron chi connectivity index (χ0n) is 7.12. The largest absolute Gasteiger partial charge is 0.486 e. The molecule has 7 heteroatoms. The third-order valence-corrected chi connectivity index (χ3v) is 1.33. The molecule has 0 aliphatic heterocycles. The Morgan fingerprint density at radius 2 is 1.64 bits per heavy atom. The van der Waals surface area contributed by atoms with E-state index in [4.69, 9.17) is 0 Å². The molecule has 84 valence electrons. The van der Waals surface area contributed by atoms with Gasteiger partial charge in [-0.15, -0.1) is 0 Å². The molecule has 14 heavy (non-hydrogen) atoms. The van der Waals surface area contributed by atoms with E-state index in [9.17, 15) is 26.3 Å². The molecule has 0 saturated heterocycles. The fraction of sp³-hybridized carbons (Fsp3) is 0.714. The molecule has 0 aromatic carbocycles. The topological polar surface area (TPSA) is 9.23 Å². The first-order chi connectivity index (χ1) is 6.14. The van der Waals surface area contributed by atoms with Gasteiger partial charge in [0.15, 0.2) is 0 Å². The summed E-state index contributed by atoms with van der Waals surface area (Å²) in [5, 5.41) is 0. The van der Waals surface area contributed by atoms with Crippen LogP contribution in [-0.2, 0) is 4.74 Å². The molecule has 0 fully saturated rings. The fourth-order valence-corrected chi connectivity index (χ4v) is 0.759. The Balaban J connectivity index is 4.91. The van der Waals surface area contributed by atoms with Gasteiger partial charge < -0.3 is 4.74 Å². The molecule has 0 rings (SSSR count). The molecule has 1 unspecified atom stereocenters. The van der Waals surface area contributed by atoms with Crippen molar-refractivity contribution in [3.8, 4) is 0 Å². The van der Waals surface area contributed by atoms with Crippen LogP contribution < -0.4 is 0 Å². The molecule has 0 aromatic rings. The van der Waals surface area contributed by atoms with E-state index < -0.39 is 24.4 Å². The molecule has 0 spiro atoms. The summed E-state index contributed by atoms with van der Waals surface area (Å²) in [6.45, 7) is 2.82. The summed E-state index contributed by atoms with van der Waals surface area (Å²) in [5.74, 6) is -9.01. The minimum atomic E-state index is -4.92. The van der Waals surface area contributed by atoms with Gasteiger partial charge in [-0.05, 0) is 0 Å². The lowest BCUT2D eigenvalue weighted by molar-refractivity contribution is -0.251. The van der Waals surface area contributed by atoms with Crippen LogP contribution in [0.5, 0.6) is 0 Å². The average Bonchev–Trinajstić information content (AvgIpc) is 1.97. The Bertz CT molecular complexity index is 197. The summed E-state index contributed by atoms with van der Waals surface area (Å²) in [7, 11) is 0. The molecule has 0 N–H and O–H groups in total. The van der Waals surface area contributed by atoms with Gasteiger partial charge in [0.2, 0.25) is 6.10 Å². The van der Waals surface area contributed by atoms with Crippen LogP contribution in [0.3, 0.4) is 0 Å². The molecule has 0 amide bonds. The highest BCUT2D eigenvalue weighted by Crippen LogP contribution is 2.37. The van der Waals surface area contributed by atoms with Crippen molar-refractivity contribution in [1.82, 2.24) is 0 Å². The predicted octanol–water partition coefficient (Wildman–Crippen LogP) is 3.07. The van der Waals surface area contributed by atoms with E-state index >= 15 is 0 Å². The van der Waals surface area contributed by atoms with Crippen molar-refractivity contribution in [3.05, 3.63) is 12.8 Å². The maximum absolute atomic E-state index is 12.5. The molecular weight excluding hydrogens is 214 g/mol. The van der Waals surface area contributed by atoms with Gasteiger partial charge in [0.25, 0.3) is 5.92 Å². The van der Waals surface area contributed by atoms with Gasteiger partial charge in [-0.2, -0.15) is 8.78 Å². The Kier molecular flexibility index (Phi) is 3.84. The summed E-state index contributed by atoms with van der Waals surface area (Å²) < 4.78 is 77.0. The van der Waals surface area contributed by atoms with Crippen LogP contribution in [0.15, 0.2) is 12.8 Å². The maximum atomic E-state index is 12.5. The lowest BCUT2D eigenvalue weighted by Gasteiger charge is -2.29. The normalized spacial score (nSPS) is 15.4. The summed E-state index contributed by atoms with van der Waals surface area (Å²) in [5.41, 5.74) is 0. The summed E-state index contributed by atoms with van der Waals surface area (Å²) in [6, 6.07) is 0. The molecule has 0 radical (unpaired) electrons. The van der Waals surface area contributed by atoms with E-state index in [1.54, 1.807) is 0 Å². The van der Waals surface area contributed by atoms with Gasteiger partial charge in [0, 0.05) is 6.92 Å². The van der Waals surface area contributed by atoms with Gasteiger partial charge in [0.1, 0.15) is 0 Å². The quantitative estimate of drug-likeness (QED) is 0.513. The highest BCUT2D eigenvalue weighted by Gasteiger charge is 2.59. The Morgan fingerprint density at radius 1 is 1.21 bits per heavy atom. The second-order valence-electron chi connectivity index (χ2n) is 2.61. The maximum Gasteiger partial charge on any atom is 0.349 e. The van der Waals surface area contributed by atoms with E-state index in [1.807, 2.05) is 0 Å². The number of alkyl halides is 6. The number of hydrogen-bond donors (Lipinski definition) is 0. The van der Waals surface area contributed by atoms with Crippen LogP contribution in [0.2, 0.25) is 0 Å². The first kappa shape index (κ1) is 13.1. The number of halogens is 6. The zero-order chi connectivity index (χ0) is 11.6. The Hall–Kier alpha value is -0.880. The molecule has 0 aliphatic rings. The second-order valence-corrected chi connectivity index (χ2v) is 2.61.